The summed E-state index contributed by atoms with van der Waals surface area (Å²) >= 11 is 0. The minimum atomic E-state index is 0.169. The highest BCUT2D eigenvalue weighted by molar-refractivity contribution is 5.51. The number of ether oxygens (including phenoxy) is 3. The first-order chi connectivity index (χ1) is 9.25. The normalized spacial score (nSPS) is 19.3. The van der Waals surface area contributed by atoms with E-state index in [1.165, 1.54) is 11.1 Å². The third-order valence-corrected chi connectivity index (χ3v) is 4.13. The lowest BCUT2D eigenvalue weighted by Gasteiger charge is -2.43. The zero-order chi connectivity index (χ0) is 13.3. The lowest BCUT2D eigenvalue weighted by Crippen LogP contribution is -2.47. The van der Waals surface area contributed by atoms with Gasteiger partial charge in [-0.1, -0.05) is 0 Å². The van der Waals surface area contributed by atoms with Crippen molar-refractivity contribution < 1.29 is 14.2 Å². The summed E-state index contributed by atoms with van der Waals surface area (Å²) in [6.07, 6.45) is 2.31. The van der Waals surface area contributed by atoms with Gasteiger partial charge in [-0.2, -0.15) is 0 Å². The molecule has 1 fully saturated rings. The van der Waals surface area contributed by atoms with Gasteiger partial charge >= 0.3 is 0 Å². The van der Waals surface area contributed by atoms with Crippen LogP contribution < -0.4 is 14.8 Å². The van der Waals surface area contributed by atoms with Crippen LogP contribution in [0.25, 0.3) is 0 Å². The molecule has 3 rings (SSSR count). The second-order valence-corrected chi connectivity index (χ2v) is 5.50. The van der Waals surface area contributed by atoms with Gasteiger partial charge in [-0.25, -0.2) is 0 Å². The molecule has 2 aliphatic rings. The van der Waals surface area contributed by atoms with Gasteiger partial charge in [0.15, 0.2) is 11.5 Å². The summed E-state index contributed by atoms with van der Waals surface area (Å²) in [5, 5.41) is 3.21. The molecule has 4 nitrogen and oxygen atoms in total. The lowest BCUT2D eigenvalue weighted by atomic mass is 9.73. The Hall–Kier alpha value is -1.26. The number of hydrogen-bond donors (Lipinski definition) is 1. The zero-order valence-corrected chi connectivity index (χ0v) is 11.6. The van der Waals surface area contributed by atoms with E-state index in [0.29, 0.717) is 6.79 Å². The van der Waals surface area contributed by atoms with E-state index >= 15 is 0 Å². The Balaban J connectivity index is 1.87. The van der Waals surface area contributed by atoms with E-state index in [2.05, 4.69) is 24.4 Å². The largest absolute Gasteiger partial charge is 0.454 e. The van der Waals surface area contributed by atoms with Crippen LogP contribution in [0.1, 0.15) is 24.0 Å². The molecule has 1 N–H and O–H groups in total. The molecule has 0 atom stereocenters. The van der Waals surface area contributed by atoms with Crippen molar-refractivity contribution in [1.29, 1.82) is 0 Å². The summed E-state index contributed by atoms with van der Waals surface area (Å²) in [5.41, 5.74) is 2.80. The molecule has 19 heavy (non-hydrogen) atoms. The maximum atomic E-state index is 5.51. The minimum absolute atomic E-state index is 0.169. The van der Waals surface area contributed by atoms with Crippen molar-refractivity contribution in [3.63, 3.8) is 0 Å². The Bertz CT molecular complexity index is 469. The number of rotatable bonds is 5. The fourth-order valence-corrected chi connectivity index (χ4v) is 3.00. The van der Waals surface area contributed by atoms with Crippen molar-refractivity contribution >= 4 is 0 Å². The van der Waals surface area contributed by atoms with Gasteiger partial charge in [-0.3, -0.25) is 0 Å². The van der Waals surface area contributed by atoms with Gasteiger partial charge in [0.1, 0.15) is 0 Å². The summed E-state index contributed by atoms with van der Waals surface area (Å²) in [6.45, 7) is 5.16. The van der Waals surface area contributed by atoms with Gasteiger partial charge in [0, 0.05) is 5.41 Å². The average Bonchev–Trinajstić information content (AvgIpc) is 2.79. The van der Waals surface area contributed by atoms with Crippen LogP contribution in [-0.4, -0.2) is 33.6 Å². The van der Waals surface area contributed by atoms with E-state index in [0.717, 1.165) is 44.1 Å². The molecular formula is C15H21NO3. The highest BCUT2D eigenvalue weighted by Crippen LogP contribution is 2.43. The second-order valence-electron chi connectivity index (χ2n) is 5.50. The SMILES string of the molecule is CNCCCC1(c2cc3c(cc2C)OCO3)COC1. The molecule has 0 aliphatic carbocycles. The number of fused-ring (bicyclic) bond motifs is 1. The van der Waals surface area contributed by atoms with Crippen molar-refractivity contribution in [1.82, 2.24) is 5.32 Å². The number of nitrogens with one attached hydrogen (secondary N) is 1. The van der Waals surface area contributed by atoms with Crippen molar-refractivity contribution in [2.45, 2.75) is 25.2 Å². The molecule has 0 radical (unpaired) electrons. The summed E-state index contributed by atoms with van der Waals surface area (Å²) in [7, 11) is 2.00. The smallest absolute Gasteiger partial charge is 0.231 e. The monoisotopic (exact) mass is 263 g/mol. The Morgan fingerprint density at radius 2 is 1.95 bits per heavy atom. The number of benzene rings is 1. The van der Waals surface area contributed by atoms with Crippen molar-refractivity contribution in [2.75, 3.05) is 33.6 Å². The van der Waals surface area contributed by atoms with Crippen LogP contribution in [0.2, 0.25) is 0 Å². The summed E-state index contributed by atoms with van der Waals surface area (Å²) in [6, 6.07) is 4.25. The molecule has 4 heteroatoms. The molecule has 2 aliphatic heterocycles. The molecule has 0 aromatic heterocycles. The first kappa shape index (κ1) is 12.8. The van der Waals surface area contributed by atoms with E-state index in [1.54, 1.807) is 0 Å². The van der Waals surface area contributed by atoms with Gasteiger partial charge in [-0.15, -0.1) is 0 Å². The predicted molar refractivity (Wildman–Crippen MR) is 73.0 cm³/mol. The van der Waals surface area contributed by atoms with Gasteiger partial charge in [0.05, 0.1) is 13.2 Å². The van der Waals surface area contributed by atoms with Gasteiger partial charge in [0.25, 0.3) is 0 Å². The maximum absolute atomic E-state index is 5.51. The molecule has 1 aromatic rings. The number of hydrogen-bond acceptors (Lipinski definition) is 4. The Kier molecular flexibility index (Phi) is 3.37. The second kappa shape index (κ2) is 5.02. The minimum Gasteiger partial charge on any atom is -0.454 e. The quantitative estimate of drug-likeness (QED) is 0.825. The molecule has 0 unspecified atom stereocenters. The molecule has 0 spiro atoms. The van der Waals surface area contributed by atoms with Crippen LogP contribution in [0.15, 0.2) is 12.1 Å². The lowest BCUT2D eigenvalue weighted by molar-refractivity contribution is -0.0654. The standard InChI is InChI=1S/C15H21NO3/c1-11-6-13-14(19-10-18-13)7-12(11)15(8-17-9-15)4-3-5-16-2/h6-7,16H,3-5,8-10H2,1-2H3. The van der Waals surface area contributed by atoms with E-state index < -0.39 is 0 Å². The maximum Gasteiger partial charge on any atom is 0.231 e. The third-order valence-electron chi connectivity index (χ3n) is 4.13. The van der Waals surface area contributed by atoms with E-state index in [4.69, 9.17) is 14.2 Å². The van der Waals surface area contributed by atoms with Gasteiger partial charge in [-0.05, 0) is 56.6 Å². The zero-order valence-electron chi connectivity index (χ0n) is 11.6. The van der Waals surface area contributed by atoms with Crippen molar-refractivity contribution in [3.05, 3.63) is 23.3 Å². The van der Waals surface area contributed by atoms with Crippen LogP contribution in [0.4, 0.5) is 0 Å². The molecule has 0 saturated carbocycles. The third kappa shape index (κ3) is 2.19. The Morgan fingerprint density at radius 1 is 1.21 bits per heavy atom. The van der Waals surface area contributed by atoms with Crippen LogP contribution >= 0.6 is 0 Å². The van der Waals surface area contributed by atoms with Crippen LogP contribution in [0.3, 0.4) is 0 Å². The molecule has 2 heterocycles. The van der Waals surface area contributed by atoms with Crippen molar-refractivity contribution in [2.24, 2.45) is 0 Å². The van der Waals surface area contributed by atoms with Crippen molar-refractivity contribution in [3.8, 4) is 11.5 Å². The molecular weight excluding hydrogens is 242 g/mol. The Morgan fingerprint density at radius 3 is 2.58 bits per heavy atom. The first-order valence-corrected chi connectivity index (χ1v) is 6.88. The molecule has 104 valence electrons. The Labute approximate surface area is 114 Å². The molecule has 1 aromatic carbocycles. The van der Waals surface area contributed by atoms with E-state index in [1.807, 2.05) is 7.05 Å². The fourth-order valence-electron chi connectivity index (χ4n) is 3.00. The van der Waals surface area contributed by atoms with E-state index in [-0.39, 0.29) is 5.41 Å². The fraction of sp³-hybridized carbons (Fsp3) is 0.600. The average molecular weight is 263 g/mol. The van der Waals surface area contributed by atoms with Crippen LogP contribution in [0.5, 0.6) is 11.5 Å². The molecule has 0 amide bonds. The highest BCUT2D eigenvalue weighted by Gasteiger charge is 2.41. The first-order valence-electron chi connectivity index (χ1n) is 6.88. The molecule has 0 bridgehead atoms. The van der Waals surface area contributed by atoms with Crippen LogP contribution in [0, 0.1) is 6.92 Å². The number of aryl methyl sites for hydroxylation is 1. The summed E-state index contributed by atoms with van der Waals surface area (Å²) in [5.74, 6) is 1.74. The summed E-state index contributed by atoms with van der Waals surface area (Å²) in [4.78, 5) is 0. The summed E-state index contributed by atoms with van der Waals surface area (Å²) < 4.78 is 16.4. The topological polar surface area (TPSA) is 39.7 Å². The van der Waals surface area contributed by atoms with E-state index in [9.17, 15) is 0 Å². The molecule has 1 saturated heterocycles. The predicted octanol–water partition coefficient (Wildman–Crippen LogP) is 1.99. The van der Waals surface area contributed by atoms with Gasteiger partial charge in [0.2, 0.25) is 6.79 Å². The highest BCUT2D eigenvalue weighted by atomic mass is 16.7. The van der Waals surface area contributed by atoms with Crippen LogP contribution in [-0.2, 0) is 10.2 Å². The van der Waals surface area contributed by atoms with Gasteiger partial charge < -0.3 is 19.5 Å².